The summed E-state index contributed by atoms with van der Waals surface area (Å²) >= 11 is 1.36. The molecule has 1 aromatic heterocycles. The van der Waals surface area contributed by atoms with E-state index in [-0.39, 0.29) is 16.7 Å². The first kappa shape index (κ1) is 21.2. The van der Waals surface area contributed by atoms with Gasteiger partial charge in [0.2, 0.25) is 5.91 Å². The molecule has 5 aliphatic rings. The molecule has 5 heteroatoms. The molecule has 1 aromatic rings. The lowest BCUT2D eigenvalue weighted by Gasteiger charge is -2.64. The molecule has 0 N–H and O–H groups in total. The molecule has 1 aliphatic heterocycles. The minimum Gasteiger partial charge on any atom is -0.342 e. The Morgan fingerprint density at radius 1 is 1.06 bits per heavy atom. The molecule has 4 unspecified atom stereocenters. The van der Waals surface area contributed by atoms with Crippen molar-refractivity contribution in [2.75, 3.05) is 7.05 Å². The average Bonchev–Trinajstić information content (AvgIpc) is 3.42. The number of thioether (sulfide) groups is 1. The van der Waals surface area contributed by atoms with E-state index >= 15 is 0 Å². The van der Waals surface area contributed by atoms with Crippen LogP contribution in [0.5, 0.6) is 0 Å². The van der Waals surface area contributed by atoms with Gasteiger partial charge in [-0.25, -0.2) is 4.98 Å². The van der Waals surface area contributed by atoms with Gasteiger partial charge in [0.15, 0.2) is 5.12 Å². The van der Waals surface area contributed by atoms with Gasteiger partial charge in [0.1, 0.15) is 5.03 Å². The van der Waals surface area contributed by atoms with E-state index in [1.54, 1.807) is 6.20 Å². The molecule has 1 amide bonds. The Balaban J connectivity index is 1.29. The molecule has 0 bridgehead atoms. The lowest BCUT2D eigenvalue weighted by Crippen LogP contribution is -2.65. The lowest BCUT2D eigenvalue weighted by molar-refractivity contribution is -0.173. The van der Waals surface area contributed by atoms with Crippen molar-refractivity contribution in [2.45, 2.75) is 82.7 Å². The maximum atomic E-state index is 13.4. The zero-order valence-corrected chi connectivity index (χ0v) is 20.5. The Morgan fingerprint density at radius 2 is 1.84 bits per heavy atom. The van der Waals surface area contributed by atoms with Gasteiger partial charge in [-0.3, -0.25) is 9.59 Å². The van der Waals surface area contributed by atoms with Crippen LogP contribution in [0.25, 0.3) is 0 Å². The minimum atomic E-state index is 0.121. The van der Waals surface area contributed by atoms with Crippen LogP contribution < -0.4 is 0 Å². The highest BCUT2D eigenvalue weighted by molar-refractivity contribution is 8.13. The maximum Gasteiger partial charge on any atom is 0.222 e. The van der Waals surface area contributed by atoms with Crippen LogP contribution in [0.3, 0.4) is 0 Å². The molecule has 0 radical (unpaired) electrons. The summed E-state index contributed by atoms with van der Waals surface area (Å²) in [6.07, 6.45) is 12.0. The van der Waals surface area contributed by atoms with Crippen molar-refractivity contribution in [1.82, 2.24) is 9.88 Å². The molecule has 7 atom stereocenters. The largest absolute Gasteiger partial charge is 0.342 e. The second kappa shape index (κ2) is 7.07. The minimum absolute atomic E-state index is 0.121. The summed E-state index contributed by atoms with van der Waals surface area (Å²) in [7, 11) is 2.08. The molecule has 6 rings (SSSR count). The van der Waals surface area contributed by atoms with Crippen LogP contribution in [0.4, 0.5) is 0 Å². The molecule has 1 spiro atoms. The molecule has 5 fully saturated rings. The fraction of sp³-hybridized carbons (Fsp3) is 0.741. The van der Waals surface area contributed by atoms with Gasteiger partial charge in [-0.05, 0) is 109 Å². The number of aromatic nitrogens is 1. The zero-order valence-electron chi connectivity index (χ0n) is 19.7. The SMILES string of the molecule is CN1C(=O)CC[C@]2(C)C3CC[C@@]4(C)C(CC[C@@H]4C(=O)Sc4ccccn4)C3CC3(CC3)C12. The number of pyridine rings is 1. The summed E-state index contributed by atoms with van der Waals surface area (Å²) in [5.41, 5.74) is 0.716. The van der Waals surface area contributed by atoms with Crippen molar-refractivity contribution >= 4 is 22.8 Å². The van der Waals surface area contributed by atoms with Gasteiger partial charge < -0.3 is 4.90 Å². The summed E-state index contributed by atoms with van der Waals surface area (Å²) < 4.78 is 0. The van der Waals surface area contributed by atoms with Crippen LogP contribution >= 0.6 is 11.8 Å². The lowest BCUT2D eigenvalue weighted by atomic mass is 9.44. The third-order valence-corrected chi connectivity index (χ3v) is 11.7. The number of likely N-dealkylation sites (tertiary alicyclic amines) is 1. The summed E-state index contributed by atoms with van der Waals surface area (Å²) in [5.74, 6) is 2.58. The first-order valence-corrected chi connectivity index (χ1v) is 13.5. The van der Waals surface area contributed by atoms with Crippen LogP contribution in [0, 0.1) is 39.9 Å². The fourth-order valence-electron chi connectivity index (χ4n) is 9.35. The van der Waals surface area contributed by atoms with E-state index in [2.05, 4.69) is 30.8 Å². The van der Waals surface area contributed by atoms with Crippen molar-refractivity contribution in [1.29, 1.82) is 0 Å². The van der Waals surface area contributed by atoms with Gasteiger partial charge in [-0.2, -0.15) is 0 Å². The van der Waals surface area contributed by atoms with E-state index in [0.29, 0.717) is 40.7 Å². The smallest absolute Gasteiger partial charge is 0.222 e. The zero-order chi connectivity index (χ0) is 22.3. The molecule has 172 valence electrons. The van der Waals surface area contributed by atoms with Crippen LogP contribution in [0.1, 0.15) is 71.6 Å². The van der Waals surface area contributed by atoms with Crippen molar-refractivity contribution < 1.29 is 9.59 Å². The molecule has 2 heterocycles. The van der Waals surface area contributed by atoms with Crippen LogP contribution in [-0.4, -0.2) is 34.0 Å². The Labute approximate surface area is 196 Å². The Bertz CT molecular complexity index is 946. The topological polar surface area (TPSA) is 50.3 Å². The molecule has 0 aromatic carbocycles. The van der Waals surface area contributed by atoms with Gasteiger partial charge in [-0.1, -0.05) is 19.9 Å². The summed E-state index contributed by atoms with van der Waals surface area (Å²) in [6, 6.07) is 6.26. The standard InChI is InChI=1S/C27H36N2O2S/c1-25-11-9-19-17(16-27(13-14-27)24-26(19,2)12-10-22(30)29(24)3)18(25)7-8-20(25)23(31)32-21-6-4-5-15-28-21/h4-6,15,17-20,24H,7-14,16H2,1-3H3/t17?,18?,19?,20-,24?,25+,26-/m1/s1. The number of carbonyl (C=O) groups is 2. The van der Waals surface area contributed by atoms with E-state index in [4.69, 9.17) is 0 Å². The number of nitrogens with zero attached hydrogens (tertiary/aromatic N) is 2. The Kier molecular flexibility index (Phi) is 4.68. The summed E-state index contributed by atoms with van der Waals surface area (Å²) in [6.45, 7) is 4.96. The number of carbonyl (C=O) groups excluding carboxylic acids is 2. The molecular weight excluding hydrogens is 416 g/mol. The Morgan fingerprint density at radius 3 is 2.56 bits per heavy atom. The van der Waals surface area contributed by atoms with Gasteiger partial charge in [0.05, 0.1) is 0 Å². The number of rotatable bonds is 2. The van der Waals surface area contributed by atoms with Crippen molar-refractivity contribution in [2.24, 2.45) is 39.9 Å². The predicted octanol–water partition coefficient (Wildman–Crippen LogP) is 5.57. The van der Waals surface area contributed by atoms with E-state index in [1.165, 1.54) is 43.9 Å². The van der Waals surface area contributed by atoms with E-state index in [1.807, 2.05) is 18.2 Å². The van der Waals surface area contributed by atoms with E-state index in [9.17, 15) is 9.59 Å². The van der Waals surface area contributed by atoms with Crippen LogP contribution in [0.2, 0.25) is 0 Å². The average molecular weight is 453 g/mol. The summed E-state index contributed by atoms with van der Waals surface area (Å²) in [5, 5.41) is 1.16. The predicted molar refractivity (Wildman–Crippen MR) is 126 cm³/mol. The molecule has 4 aliphatic carbocycles. The number of hydrogen-bond acceptors (Lipinski definition) is 4. The monoisotopic (exact) mass is 452 g/mol. The molecule has 4 saturated carbocycles. The second-order valence-electron chi connectivity index (χ2n) is 12.1. The van der Waals surface area contributed by atoms with Gasteiger partial charge in [0, 0.05) is 31.6 Å². The third kappa shape index (κ3) is 2.85. The van der Waals surface area contributed by atoms with Crippen LogP contribution in [-0.2, 0) is 9.59 Å². The van der Waals surface area contributed by atoms with Crippen molar-refractivity contribution in [3.63, 3.8) is 0 Å². The number of hydrogen-bond donors (Lipinski definition) is 0. The fourth-order valence-corrected chi connectivity index (χ4v) is 10.3. The molecule has 32 heavy (non-hydrogen) atoms. The Hall–Kier alpha value is -1.36. The van der Waals surface area contributed by atoms with E-state index < -0.39 is 0 Å². The second-order valence-corrected chi connectivity index (χ2v) is 13.1. The van der Waals surface area contributed by atoms with Gasteiger partial charge >= 0.3 is 0 Å². The first-order valence-electron chi connectivity index (χ1n) is 12.7. The molecular formula is C27H36N2O2S. The normalized spacial score (nSPS) is 44.0. The number of piperidine rings is 1. The van der Waals surface area contributed by atoms with Crippen LogP contribution in [0.15, 0.2) is 29.4 Å². The number of fused-ring (bicyclic) bond motifs is 6. The highest BCUT2D eigenvalue weighted by atomic mass is 32.2. The molecule has 1 saturated heterocycles. The number of amides is 1. The highest BCUT2D eigenvalue weighted by Gasteiger charge is 2.70. The quantitative estimate of drug-likeness (QED) is 0.551. The van der Waals surface area contributed by atoms with Gasteiger partial charge in [0.25, 0.3) is 0 Å². The van der Waals surface area contributed by atoms with Crippen molar-refractivity contribution in [3.8, 4) is 0 Å². The van der Waals surface area contributed by atoms with Crippen molar-refractivity contribution in [3.05, 3.63) is 24.4 Å². The van der Waals surface area contributed by atoms with Gasteiger partial charge in [-0.15, -0.1) is 0 Å². The highest BCUT2D eigenvalue weighted by Crippen LogP contribution is 2.73. The first-order chi connectivity index (χ1) is 15.3. The molecule has 4 nitrogen and oxygen atoms in total. The maximum absolute atomic E-state index is 13.4. The summed E-state index contributed by atoms with van der Waals surface area (Å²) in [4.78, 5) is 32.6. The third-order valence-electron chi connectivity index (χ3n) is 10.8. The van der Waals surface area contributed by atoms with E-state index in [0.717, 1.165) is 30.2 Å².